The average molecular weight is 245 g/mol. The van der Waals surface area contributed by atoms with Crippen LogP contribution in [0.4, 0.5) is 5.69 Å². The van der Waals surface area contributed by atoms with Gasteiger partial charge in [0.25, 0.3) is 0 Å². The molecular formula is C16H23NO. The maximum absolute atomic E-state index is 11.8. The van der Waals surface area contributed by atoms with E-state index in [2.05, 4.69) is 12.2 Å². The number of nitrogens with one attached hydrogen (secondary N) is 1. The molecule has 1 saturated carbocycles. The summed E-state index contributed by atoms with van der Waals surface area (Å²) in [7, 11) is 0. The fourth-order valence-corrected chi connectivity index (χ4v) is 2.67. The van der Waals surface area contributed by atoms with Gasteiger partial charge in [-0.05, 0) is 31.4 Å². The minimum Gasteiger partial charge on any atom is -0.326 e. The summed E-state index contributed by atoms with van der Waals surface area (Å²) < 4.78 is 0. The van der Waals surface area contributed by atoms with Crippen molar-refractivity contribution in [2.45, 2.75) is 51.9 Å². The first-order valence-corrected chi connectivity index (χ1v) is 7.10. The molecule has 0 aromatic heterocycles. The van der Waals surface area contributed by atoms with Gasteiger partial charge in [0.15, 0.2) is 0 Å². The fourth-order valence-electron chi connectivity index (χ4n) is 2.67. The van der Waals surface area contributed by atoms with Gasteiger partial charge in [0, 0.05) is 12.1 Å². The SMILES string of the molecule is Cc1ccc(NC(=O)CCC2CCCCC2)cc1. The lowest BCUT2D eigenvalue weighted by Gasteiger charge is -2.20. The molecule has 0 spiro atoms. The molecule has 98 valence electrons. The molecule has 0 unspecified atom stereocenters. The molecule has 1 fully saturated rings. The normalized spacial score (nSPS) is 16.5. The highest BCUT2D eigenvalue weighted by Gasteiger charge is 2.14. The van der Waals surface area contributed by atoms with Gasteiger partial charge >= 0.3 is 0 Å². The van der Waals surface area contributed by atoms with Gasteiger partial charge in [0.05, 0.1) is 0 Å². The predicted molar refractivity (Wildman–Crippen MR) is 75.6 cm³/mol. The van der Waals surface area contributed by atoms with Gasteiger partial charge in [-0.1, -0.05) is 49.8 Å². The molecule has 1 N–H and O–H groups in total. The quantitative estimate of drug-likeness (QED) is 0.842. The van der Waals surface area contributed by atoms with Crippen LogP contribution in [-0.2, 0) is 4.79 Å². The molecule has 1 aliphatic rings. The third-order valence-corrected chi connectivity index (χ3v) is 3.84. The lowest BCUT2D eigenvalue weighted by molar-refractivity contribution is -0.116. The van der Waals surface area contributed by atoms with Crippen LogP contribution in [0.15, 0.2) is 24.3 Å². The van der Waals surface area contributed by atoms with E-state index in [0.717, 1.165) is 18.0 Å². The van der Waals surface area contributed by atoms with E-state index in [1.54, 1.807) is 0 Å². The van der Waals surface area contributed by atoms with Crippen LogP contribution in [0.2, 0.25) is 0 Å². The lowest BCUT2D eigenvalue weighted by Crippen LogP contribution is -2.14. The second kappa shape index (κ2) is 6.58. The summed E-state index contributed by atoms with van der Waals surface area (Å²) >= 11 is 0. The number of hydrogen-bond acceptors (Lipinski definition) is 1. The first kappa shape index (κ1) is 13.1. The molecule has 1 aromatic carbocycles. The summed E-state index contributed by atoms with van der Waals surface area (Å²) in [5.74, 6) is 0.937. The first-order chi connectivity index (χ1) is 8.74. The van der Waals surface area contributed by atoms with E-state index in [1.165, 1.54) is 37.7 Å². The summed E-state index contributed by atoms with van der Waals surface area (Å²) in [5, 5.41) is 2.97. The van der Waals surface area contributed by atoms with E-state index in [1.807, 2.05) is 24.3 Å². The van der Waals surface area contributed by atoms with Crippen LogP contribution in [0.3, 0.4) is 0 Å². The van der Waals surface area contributed by atoms with Crippen molar-refractivity contribution in [2.24, 2.45) is 5.92 Å². The molecule has 1 aliphatic carbocycles. The van der Waals surface area contributed by atoms with Gasteiger partial charge in [-0.3, -0.25) is 4.79 Å². The summed E-state index contributed by atoms with van der Waals surface area (Å²) in [4.78, 5) is 11.8. The second-order valence-corrected chi connectivity index (χ2v) is 5.46. The van der Waals surface area contributed by atoms with E-state index in [9.17, 15) is 4.79 Å². The minimum absolute atomic E-state index is 0.157. The van der Waals surface area contributed by atoms with Gasteiger partial charge in [-0.2, -0.15) is 0 Å². The number of carbonyl (C=O) groups is 1. The molecule has 2 nitrogen and oxygen atoms in total. The van der Waals surface area contributed by atoms with Crippen molar-refractivity contribution < 1.29 is 4.79 Å². The third kappa shape index (κ3) is 4.17. The maximum Gasteiger partial charge on any atom is 0.224 e. The van der Waals surface area contributed by atoms with Crippen molar-refractivity contribution in [3.63, 3.8) is 0 Å². The molecule has 2 rings (SSSR count). The molecule has 1 amide bonds. The Morgan fingerprint density at radius 1 is 1.17 bits per heavy atom. The van der Waals surface area contributed by atoms with Crippen LogP contribution in [0.25, 0.3) is 0 Å². The summed E-state index contributed by atoms with van der Waals surface area (Å²) in [6.07, 6.45) is 8.44. The number of anilines is 1. The summed E-state index contributed by atoms with van der Waals surface area (Å²) in [6.45, 7) is 2.05. The Bertz CT molecular complexity index is 377. The van der Waals surface area contributed by atoms with Crippen molar-refractivity contribution in [1.82, 2.24) is 0 Å². The lowest BCUT2D eigenvalue weighted by atomic mass is 9.86. The van der Waals surface area contributed by atoms with Crippen LogP contribution >= 0.6 is 0 Å². The van der Waals surface area contributed by atoms with Crippen LogP contribution in [-0.4, -0.2) is 5.91 Å². The van der Waals surface area contributed by atoms with Crippen molar-refractivity contribution in [3.05, 3.63) is 29.8 Å². The molecule has 0 radical (unpaired) electrons. The van der Waals surface area contributed by atoms with Gasteiger partial charge in [-0.25, -0.2) is 0 Å². The van der Waals surface area contributed by atoms with E-state index in [4.69, 9.17) is 0 Å². The van der Waals surface area contributed by atoms with Crippen LogP contribution in [0.1, 0.15) is 50.5 Å². The zero-order chi connectivity index (χ0) is 12.8. The molecule has 1 aromatic rings. The Kier molecular flexibility index (Phi) is 4.80. The standard InChI is InChI=1S/C16H23NO/c1-13-7-10-15(11-8-13)17-16(18)12-9-14-5-3-2-4-6-14/h7-8,10-11,14H,2-6,9,12H2,1H3,(H,17,18). The Labute approximate surface area is 110 Å². The van der Waals surface area contributed by atoms with Gasteiger partial charge in [0.2, 0.25) is 5.91 Å². The minimum atomic E-state index is 0.157. The summed E-state index contributed by atoms with van der Waals surface area (Å²) in [5.41, 5.74) is 2.13. The van der Waals surface area contributed by atoms with Gasteiger partial charge < -0.3 is 5.32 Å². The molecule has 0 aliphatic heterocycles. The van der Waals surface area contributed by atoms with Gasteiger partial charge in [0.1, 0.15) is 0 Å². The number of rotatable bonds is 4. The molecule has 0 saturated heterocycles. The Morgan fingerprint density at radius 2 is 1.83 bits per heavy atom. The number of amides is 1. The Balaban J connectivity index is 1.73. The number of aryl methyl sites for hydroxylation is 1. The zero-order valence-electron chi connectivity index (χ0n) is 11.2. The Hall–Kier alpha value is -1.31. The zero-order valence-corrected chi connectivity index (χ0v) is 11.2. The molecule has 0 bridgehead atoms. The fraction of sp³-hybridized carbons (Fsp3) is 0.562. The van der Waals surface area contributed by atoms with Gasteiger partial charge in [-0.15, -0.1) is 0 Å². The van der Waals surface area contributed by atoms with Crippen molar-refractivity contribution in [2.75, 3.05) is 5.32 Å². The van der Waals surface area contributed by atoms with E-state index < -0.39 is 0 Å². The number of carbonyl (C=O) groups excluding carboxylic acids is 1. The first-order valence-electron chi connectivity index (χ1n) is 7.10. The topological polar surface area (TPSA) is 29.1 Å². The van der Waals surface area contributed by atoms with Crippen molar-refractivity contribution in [3.8, 4) is 0 Å². The van der Waals surface area contributed by atoms with Crippen LogP contribution in [0, 0.1) is 12.8 Å². The van der Waals surface area contributed by atoms with E-state index >= 15 is 0 Å². The van der Waals surface area contributed by atoms with Crippen molar-refractivity contribution in [1.29, 1.82) is 0 Å². The second-order valence-electron chi connectivity index (χ2n) is 5.46. The Morgan fingerprint density at radius 3 is 2.50 bits per heavy atom. The molecule has 0 atom stereocenters. The number of hydrogen-bond donors (Lipinski definition) is 1. The molecule has 18 heavy (non-hydrogen) atoms. The van der Waals surface area contributed by atoms with Crippen molar-refractivity contribution >= 4 is 11.6 Å². The number of benzene rings is 1. The molecule has 0 heterocycles. The monoisotopic (exact) mass is 245 g/mol. The maximum atomic E-state index is 11.8. The highest BCUT2D eigenvalue weighted by atomic mass is 16.1. The highest BCUT2D eigenvalue weighted by Crippen LogP contribution is 2.27. The van der Waals surface area contributed by atoms with E-state index in [-0.39, 0.29) is 5.91 Å². The van der Waals surface area contributed by atoms with Crippen LogP contribution < -0.4 is 5.32 Å². The third-order valence-electron chi connectivity index (χ3n) is 3.84. The molecule has 2 heteroatoms. The largest absolute Gasteiger partial charge is 0.326 e. The average Bonchev–Trinajstić information content (AvgIpc) is 2.40. The van der Waals surface area contributed by atoms with Crippen LogP contribution in [0.5, 0.6) is 0 Å². The highest BCUT2D eigenvalue weighted by molar-refractivity contribution is 5.90. The predicted octanol–water partition coefficient (Wildman–Crippen LogP) is 4.29. The smallest absolute Gasteiger partial charge is 0.224 e. The summed E-state index contributed by atoms with van der Waals surface area (Å²) in [6, 6.07) is 7.98. The molecular weight excluding hydrogens is 222 g/mol. The van der Waals surface area contributed by atoms with E-state index in [0.29, 0.717) is 6.42 Å².